The van der Waals surface area contributed by atoms with Crippen LogP contribution in [0.15, 0.2) is 48.5 Å². The number of rotatable bonds is 5. The summed E-state index contributed by atoms with van der Waals surface area (Å²) < 4.78 is 0. The maximum atomic E-state index is 12.2. The van der Waals surface area contributed by atoms with Gasteiger partial charge in [0.1, 0.15) is 0 Å². The summed E-state index contributed by atoms with van der Waals surface area (Å²) >= 11 is 0. The zero-order chi connectivity index (χ0) is 17.6. The van der Waals surface area contributed by atoms with Crippen LogP contribution in [0, 0.1) is 13.8 Å². The van der Waals surface area contributed by atoms with Crippen LogP contribution in [0.25, 0.3) is 0 Å². The van der Waals surface area contributed by atoms with Gasteiger partial charge in [-0.2, -0.15) is 0 Å². The summed E-state index contributed by atoms with van der Waals surface area (Å²) in [5, 5.41) is 3.02. The van der Waals surface area contributed by atoms with Gasteiger partial charge in [0.05, 0.1) is 39.1 Å². The molecule has 3 rings (SSSR count). The molecule has 0 bridgehead atoms. The lowest BCUT2D eigenvalue weighted by molar-refractivity contribution is -0.900. The van der Waals surface area contributed by atoms with Crippen molar-refractivity contribution in [2.45, 2.75) is 20.3 Å². The number of benzene rings is 2. The van der Waals surface area contributed by atoms with E-state index in [2.05, 4.69) is 60.5 Å². The molecule has 2 aromatic carbocycles. The summed E-state index contributed by atoms with van der Waals surface area (Å²) in [5.74, 6) is 0.112. The van der Waals surface area contributed by atoms with Gasteiger partial charge in [-0.3, -0.25) is 4.79 Å². The van der Waals surface area contributed by atoms with E-state index in [1.807, 2.05) is 12.1 Å². The number of anilines is 2. The van der Waals surface area contributed by atoms with Gasteiger partial charge in [-0.05, 0) is 49.2 Å². The van der Waals surface area contributed by atoms with Crippen LogP contribution < -0.4 is 15.1 Å². The highest BCUT2D eigenvalue weighted by atomic mass is 16.1. The second kappa shape index (κ2) is 8.17. The minimum Gasteiger partial charge on any atom is -0.360 e. The van der Waals surface area contributed by atoms with E-state index < -0.39 is 0 Å². The van der Waals surface area contributed by atoms with E-state index in [0.717, 1.165) is 38.4 Å². The number of hydrogen-bond acceptors (Lipinski definition) is 2. The zero-order valence-electron chi connectivity index (χ0n) is 15.2. The molecule has 1 fully saturated rings. The van der Waals surface area contributed by atoms with Crippen LogP contribution in [0.4, 0.5) is 11.4 Å². The van der Waals surface area contributed by atoms with Crippen LogP contribution in [-0.2, 0) is 4.79 Å². The minimum atomic E-state index is 0.112. The van der Waals surface area contributed by atoms with Gasteiger partial charge in [-0.25, -0.2) is 0 Å². The fourth-order valence-electron chi connectivity index (χ4n) is 3.30. The molecule has 0 unspecified atom stereocenters. The maximum absolute atomic E-state index is 12.2. The van der Waals surface area contributed by atoms with Crippen LogP contribution in [0.2, 0.25) is 0 Å². The SMILES string of the molecule is Cc1ccc(NC(=O)CC[NH+]2CCN(c3ccccc3)CC2)cc1C. The van der Waals surface area contributed by atoms with E-state index in [9.17, 15) is 4.79 Å². The average molecular weight is 338 g/mol. The Hall–Kier alpha value is -2.33. The van der Waals surface area contributed by atoms with Crippen LogP contribution in [0.3, 0.4) is 0 Å². The average Bonchev–Trinajstić information content (AvgIpc) is 2.64. The van der Waals surface area contributed by atoms with Crippen molar-refractivity contribution in [3.05, 3.63) is 59.7 Å². The Morgan fingerprint density at radius 2 is 1.76 bits per heavy atom. The van der Waals surface area contributed by atoms with Crippen molar-refractivity contribution >= 4 is 17.3 Å². The quantitative estimate of drug-likeness (QED) is 0.875. The highest BCUT2D eigenvalue weighted by molar-refractivity contribution is 5.90. The molecule has 132 valence electrons. The highest BCUT2D eigenvalue weighted by Crippen LogP contribution is 2.14. The molecule has 0 saturated carbocycles. The molecule has 25 heavy (non-hydrogen) atoms. The number of aryl methyl sites for hydroxylation is 2. The van der Waals surface area contributed by atoms with Crippen LogP contribution in [0.1, 0.15) is 17.5 Å². The van der Waals surface area contributed by atoms with Gasteiger partial charge in [0.15, 0.2) is 0 Å². The Morgan fingerprint density at radius 1 is 1.04 bits per heavy atom. The summed E-state index contributed by atoms with van der Waals surface area (Å²) in [4.78, 5) is 16.1. The molecule has 0 radical (unpaired) electrons. The molecule has 4 heteroatoms. The van der Waals surface area contributed by atoms with E-state index in [1.54, 1.807) is 0 Å². The molecule has 2 aromatic rings. The first-order valence-corrected chi connectivity index (χ1v) is 9.12. The number of hydrogen-bond donors (Lipinski definition) is 2. The second-order valence-corrected chi connectivity index (χ2v) is 6.92. The van der Waals surface area contributed by atoms with E-state index in [0.29, 0.717) is 6.42 Å². The molecule has 4 nitrogen and oxygen atoms in total. The predicted octanol–water partition coefficient (Wildman–Crippen LogP) is 2.04. The molecule has 0 spiro atoms. The lowest BCUT2D eigenvalue weighted by Gasteiger charge is -2.33. The summed E-state index contributed by atoms with van der Waals surface area (Å²) in [5.41, 5.74) is 4.66. The monoisotopic (exact) mass is 338 g/mol. The first kappa shape index (κ1) is 17.5. The number of nitrogens with zero attached hydrogens (tertiary/aromatic N) is 1. The Morgan fingerprint density at radius 3 is 2.44 bits per heavy atom. The van der Waals surface area contributed by atoms with E-state index >= 15 is 0 Å². The third-order valence-electron chi connectivity index (χ3n) is 5.09. The largest absolute Gasteiger partial charge is 0.360 e. The summed E-state index contributed by atoms with van der Waals surface area (Å²) in [6, 6.07) is 16.6. The van der Waals surface area contributed by atoms with Gasteiger partial charge in [0.2, 0.25) is 5.91 Å². The fourth-order valence-corrected chi connectivity index (χ4v) is 3.30. The number of para-hydroxylation sites is 1. The van der Waals surface area contributed by atoms with Crippen molar-refractivity contribution < 1.29 is 9.69 Å². The van der Waals surface area contributed by atoms with Crippen molar-refractivity contribution in [1.82, 2.24) is 0 Å². The van der Waals surface area contributed by atoms with Crippen LogP contribution in [0.5, 0.6) is 0 Å². The summed E-state index contributed by atoms with van der Waals surface area (Å²) in [6.07, 6.45) is 0.577. The molecular formula is C21H28N3O+. The number of quaternary nitrogens is 1. The number of carbonyl (C=O) groups is 1. The van der Waals surface area contributed by atoms with Gasteiger partial charge in [0.25, 0.3) is 0 Å². The number of carbonyl (C=O) groups excluding carboxylic acids is 1. The van der Waals surface area contributed by atoms with Crippen molar-refractivity contribution in [2.24, 2.45) is 0 Å². The Labute approximate surface area is 150 Å². The van der Waals surface area contributed by atoms with Gasteiger partial charge < -0.3 is 15.1 Å². The van der Waals surface area contributed by atoms with Crippen molar-refractivity contribution in [3.8, 4) is 0 Å². The fraction of sp³-hybridized carbons (Fsp3) is 0.381. The van der Waals surface area contributed by atoms with Crippen LogP contribution >= 0.6 is 0 Å². The van der Waals surface area contributed by atoms with Crippen molar-refractivity contribution in [2.75, 3.05) is 42.9 Å². The van der Waals surface area contributed by atoms with Crippen LogP contribution in [-0.4, -0.2) is 38.6 Å². The van der Waals surface area contributed by atoms with E-state index in [4.69, 9.17) is 0 Å². The normalized spacial score (nSPS) is 15.2. The van der Waals surface area contributed by atoms with Crippen molar-refractivity contribution in [1.29, 1.82) is 0 Å². The molecule has 2 N–H and O–H groups in total. The molecule has 1 amide bonds. The number of nitrogens with one attached hydrogen (secondary N) is 2. The van der Waals surface area contributed by atoms with Gasteiger partial charge in [-0.15, -0.1) is 0 Å². The minimum absolute atomic E-state index is 0.112. The number of amides is 1. The first-order valence-electron chi connectivity index (χ1n) is 9.12. The number of piperazine rings is 1. The Kier molecular flexibility index (Phi) is 5.71. The molecule has 1 aliphatic rings. The highest BCUT2D eigenvalue weighted by Gasteiger charge is 2.20. The zero-order valence-corrected chi connectivity index (χ0v) is 15.2. The molecule has 0 aromatic heterocycles. The van der Waals surface area contributed by atoms with Gasteiger partial charge in [0, 0.05) is 11.4 Å². The molecule has 0 atom stereocenters. The van der Waals surface area contributed by atoms with Gasteiger partial charge in [-0.1, -0.05) is 24.3 Å². The van der Waals surface area contributed by atoms with E-state index in [1.165, 1.54) is 21.7 Å². The second-order valence-electron chi connectivity index (χ2n) is 6.92. The Bertz CT molecular complexity index is 706. The Balaban J connectivity index is 1.42. The standard InChI is InChI=1S/C21H27N3O/c1-17-8-9-19(16-18(17)2)22-21(25)10-11-23-12-14-24(15-13-23)20-6-4-3-5-7-20/h3-9,16H,10-15H2,1-2H3,(H,22,25)/p+1. The van der Waals surface area contributed by atoms with Gasteiger partial charge >= 0.3 is 0 Å². The third kappa shape index (κ3) is 4.83. The molecular weight excluding hydrogens is 310 g/mol. The summed E-state index contributed by atoms with van der Waals surface area (Å²) in [6.45, 7) is 9.34. The van der Waals surface area contributed by atoms with E-state index in [-0.39, 0.29) is 5.91 Å². The topological polar surface area (TPSA) is 36.8 Å². The molecule has 0 aliphatic carbocycles. The molecule has 1 saturated heterocycles. The molecule has 1 heterocycles. The molecule has 1 aliphatic heterocycles. The lowest BCUT2D eigenvalue weighted by Crippen LogP contribution is -3.15. The third-order valence-corrected chi connectivity index (χ3v) is 5.09. The summed E-state index contributed by atoms with van der Waals surface area (Å²) in [7, 11) is 0. The first-order chi connectivity index (χ1) is 12.1. The van der Waals surface area contributed by atoms with Crippen molar-refractivity contribution in [3.63, 3.8) is 0 Å². The maximum Gasteiger partial charge on any atom is 0.230 e. The predicted molar refractivity (Wildman–Crippen MR) is 103 cm³/mol. The smallest absolute Gasteiger partial charge is 0.230 e. The lowest BCUT2D eigenvalue weighted by atomic mass is 10.1.